The zero-order valence-corrected chi connectivity index (χ0v) is 17.7. The van der Waals surface area contributed by atoms with Gasteiger partial charge in [-0.1, -0.05) is 59.1 Å². The third kappa shape index (κ3) is 3.54. The molecule has 2 atom stereocenters. The molecule has 1 heterocycles. The van der Waals surface area contributed by atoms with E-state index in [0.29, 0.717) is 39.2 Å². The number of carbonyl (C=O) groups is 1. The van der Waals surface area contributed by atoms with Gasteiger partial charge in [0.15, 0.2) is 0 Å². The summed E-state index contributed by atoms with van der Waals surface area (Å²) in [6.45, 7) is 0. The summed E-state index contributed by atoms with van der Waals surface area (Å²) >= 11 is 19.0. The Hall–Kier alpha value is -2.01. The Bertz CT molecular complexity index is 1030. The van der Waals surface area contributed by atoms with Crippen molar-refractivity contribution in [3.05, 3.63) is 75.8 Å². The number of halogens is 4. The van der Waals surface area contributed by atoms with Gasteiger partial charge in [0.1, 0.15) is 5.75 Å². The van der Waals surface area contributed by atoms with E-state index in [-0.39, 0.29) is 12.3 Å². The molecule has 0 radical (unpaired) electrons. The molecule has 1 aliphatic carbocycles. The fraction of sp³-hybridized carbons (Fsp3) is 0.227. The van der Waals surface area contributed by atoms with E-state index in [1.807, 2.05) is 0 Å². The van der Waals surface area contributed by atoms with Gasteiger partial charge < -0.3 is 4.74 Å². The van der Waals surface area contributed by atoms with Crippen molar-refractivity contribution in [3.8, 4) is 5.75 Å². The number of hydrogen-bond acceptors (Lipinski definition) is 2. The first-order chi connectivity index (χ1) is 13.8. The Morgan fingerprint density at radius 1 is 1.17 bits per heavy atom. The van der Waals surface area contributed by atoms with Gasteiger partial charge in [0.2, 0.25) is 11.0 Å². The molecular weight excluding hydrogens is 436 g/mol. The van der Waals surface area contributed by atoms with Crippen molar-refractivity contribution in [1.82, 2.24) is 0 Å². The van der Waals surface area contributed by atoms with Gasteiger partial charge in [-0.25, -0.2) is 4.39 Å². The van der Waals surface area contributed by atoms with Crippen molar-refractivity contribution in [2.24, 2.45) is 0 Å². The molecule has 0 aromatic heterocycles. The van der Waals surface area contributed by atoms with Gasteiger partial charge >= 0.3 is 0 Å². The first kappa shape index (κ1) is 20.3. The van der Waals surface area contributed by atoms with Crippen LogP contribution in [0, 0.1) is 0 Å². The molecule has 0 saturated heterocycles. The first-order valence-electron chi connectivity index (χ1n) is 9.05. The van der Waals surface area contributed by atoms with E-state index in [0.717, 1.165) is 5.56 Å². The highest BCUT2D eigenvalue weighted by Gasteiger charge is 2.39. The van der Waals surface area contributed by atoms with Crippen LogP contribution < -0.4 is 9.64 Å². The van der Waals surface area contributed by atoms with Crippen LogP contribution in [0.25, 0.3) is 0 Å². The third-order valence-corrected chi connectivity index (χ3v) is 6.16. The number of anilines is 2. The van der Waals surface area contributed by atoms with Crippen LogP contribution in [-0.4, -0.2) is 18.1 Å². The number of rotatable bonds is 3. The Morgan fingerprint density at radius 2 is 1.90 bits per heavy atom. The zero-order chi connectivity index (χ0) is 20.8. The van der Waals surface area contributed by atoms with Crippen molar-refractivity contribution in [2.45, 2.75) is 23.9 Å². The van der Waals surface area contributed by atoms with Crippen molar-refractivity contribution in [2.75, 3.05) is 12.0 Å². The fourth-order valence-electron chi connectivity index (χ4n) is 3.85. The van der Waals surface area contributed by atoms with Crippen molar-refractivity contribution in [3.63, 3.8) is 0 Å². The molecule has 0 N–H and O–H groups in total. The molecule has 0 bridgehead atoms. The monoisotopic (exact) mass is 451 g/mol. The topological polar surface area (TPSA) is 29.5 Å². The molecule has 2 aromatic rings. The van der Waals surface area contributed by atoms with Gasteiger partial charge in [0.05, 0.1) is 34.4 Å². The lowest BCUT2D eigenvalue weighted by atomic mass is 9.83. The normalized spacial score (nSPS) is 23.3. The van der Waals surface area contributed by atoms with E-state index >= 15 is 4.39 Å². The lowest BCUT2D eigenvalue weighted by Gasteiger charge is -2.35. The summed E-state index contributed by atoms with van der Waals surface area (Å²) in [4.78, 5) is 14.4. The van der Waals surface area contributed by atoms with Crippen LogP contribution in [0.4, 0.5) is 15.8 Å². The number of para-hydroxylation sites is 1. The fourth-order valence-corrected chi connectivity index (χ4v) is 4.68. The molecule has 3 nitrogen and oxygen atoms in total. The number of alkyl halides is 2. The standard InChI is InChI=1S/C22H17Cl3FNO2/c1-29-13-11-15(16-5-2-3-10-22(16,25)26)14-8-9-20(28)27(19(14)12-13)21-17(23)6-4-7-18(21)24/h2-7,10-12,16H,8-9H2,1H3. The quantitative estimate of drug-likeness (QED) is 0.483. The lowest BCUT2D eigenvalue weighted by molar-refractivity contribution is -0.118. The molecule has 1 aliphatic heterocycles. The van der Waals surface area contributed by atoms with Crippen molar-refractivity contribution >= 4 is 52.1 Å². The number of nitrogens with zero attached hydrogens (tertiary/aromatic N) is 1. The second-order valence-electron chi connectivity index (χ2n) is 6.91. The minimum Gasteiger partial charge on any atom is -0.497 e. The van der Waals surface area contributed by atoms with Crippen LogP contribution in [-0.2, 0) is 11.2 Å². The number of ether oxygens (including phenoxy) is 1. The number of fused-ring (bicyclic) bond motifs is 1. The molecule has 150 valence electrons. The first-order valence-corrected chi connectivity index (χ1v) is 10.2. The van der Waals surface area contributed by atoms with E-state index in [1.165, 1.54) is 18.1 Å². The Labute approximate surface area is 183 Å². The SMILES string of the molecule is COc1cc(C2C=CC=CC2(F)Cl)c2c(c1)N(c1c(Cl)cccc1Cl)C(=O)CC2. The molecule has 0 saturated carbocycles. The largest absolute Gasteiger partial charge is 0.497 e. The molecule has 4 rings (SSSR count). The van der Waals surface area contributed by atoms with Gasteiger partial charge in [-0.2, -0.15) is 0 Å². The second-order valence-corrected chi connectivity index (χ2v) is 8.30. The molecule has 7 heteroatoms. The van der Waals surface area contributed by atoms with Gasteiger partial charge in [0, 0.05) is 12.5 Å². The van der Waals surface area contributed by atoms with E-state index in [4.69, 9.17) is 39.5 Å². The van der Waals surface area contributed by atoms with Gasteiger partial charge in [-0.05, 0) is 41.8 Å². The van der Waals surface area contributed by atoms with Crippen LogP contribution in [0.15, 0.2) is 54.6 Å². The highest BCUT2D eigenvalue weighted by Crippen LogP contribution is 2.49. The number of hydrogen-bond donors (Lipinski definition) is 0. The number of benzene rings is 2. The summed E-state index contributed by atoms with van der Waals surface area (Å²) in [5.74, 6) is -0.394. The highest BCUT2D eigenvalue weighted by atomic mass is 35.5. The highest BCUT2D eigenvalue weighted by molar-refractivity contribution is 6.40. The van der Waals surface area contributed by atoms with E-state index in [2.05, 4.69) is 0 Å². The maximum absolute atomic E-state index is 15.1. The second kappa shape index (κ2) is 7.67. The number of allylic oxidation sites excluding steroid dienone is 4. The van der Waals surface area contributed by atoms with Crippen LogP contribution in [0.5, 0.6) is 5.75 Å². The smallest absolute Gasteiger partial charge is 0.231 e. The molecule has 0 fully saturated rings. The zero-order valence-electron chi connectivity index (χ0n) is 15.5. The van der Waals surface area contributed by atoms with Crippen molar-refractivity contribution in [1.29, 1.82) is 0 Å². The minimum absolute atomic E-state index is 0.150. The van der Waals surface area contributed by atoms with Crippen LogP contribution in [0.1, 0.15) is 23.5 Å². The predicted octanol–water partition coefficient (Wildman–Crippen LogP) is 6.73. The molecule has 0 spiro atoms. The number of methoxy groups -OCH3 is 1. The summed E-state index contributed by atoms with van der Waals surface area (Å²) < 4.78 is 20.6. The summed E-state index contributed by atoms with van der Waals surface area (Å²) in [6.07, 6.45) is 7.06. The van der Waals surface area contributed by atoms with Gasteiger partial charge in [-0.15, -0.1) is 0 Å². The van der Waals surface area contributed by atoms with E-state index in [9.17, 15) is 4.79 Å². The average molecular weight is 453 g/mol. The van der Waals surface area contributed by atoms with Crippen LogP contribution in [0.2, 0.25) is 10.0 Å². The van der Waals surface area contributed by atoms with Crippen molar-refractivity contribution < 1.29 is 13.9 Å². The Kier molecular flexibility index (Phi) is 5.36. The molecule has 2 unspecified atom stereocenters. The lowest BCUT2D eigenvalue weighted by Crippen LogP contribution is -2.33. The third-order valence-electron chi connectivity index (χ3n) is 5.19. The predicted molar refractivity (Wildman–Crippen MR) is 116 cm³/mol. The van der Waals surface area contributed by atoms with E-state index < -0.39 is 11.0 Å². The molecule has 2 aromatic carbocycles. The maximum Gasteiger partial charge on any atom is 0.231 e. The molecular formula is C22H17Cl3FNO2. The van der Waals surface area contributed by atoms with Crippen LogP contribution in [0.3, 0.4) is 0 Å². The summed E-state index contributed by atoms with van der Waals surface area (Å²) in [7, 11) is 1.52. The number of amides is 1. The van der Waals surface area contributed by atoms with Gasteiger partial charge in [0.25, 0.3) is 0 Å². The Morgan fingerprint density at radius 3 is 2.55 bits per heavy atom. The Balaban J connectivity index is 1.96. The summed E-state index contributed by atoms with van der Waals surface area (Å²) in [5.41, 5.74) is 2.45. The maximum atomic E-state index is 15.1. The van der Waals surface area contributed by atoms with Gasteiger partial charge in [-0.3, -0.25) is 9.69 Å². The minimum atomic E-state index is -2.08. The molecule has 29 heavy (non-hydrogen) atoms. The van der Waals surface area contributed by atoms with E-state index in [1.54, 1.807) is 48.6 Å². The average Bonchev–Trinajstić information content (AvgIpc) is 2.68. The van der Waals surface area contributed by atoms with Crippen LogP contribution >= 0.6 is 34.8 Å². The summed E-state index contributed by atoms with van der Waals surface area (Å²) in [6, 6.07) is 8.57. The summed E-state index contributed by atoms with van der Waals surface area (Å²) in [5, 5.41) is -1.38. The molecule has 2 aliphatic rings. The molecule has 1 amide bonds. The number of carbonyl (C=O) groups excluding carboxylic acids is 1.